The third-order valence-corrected chi connectivity index (χ3v) is 0.999. The molecule has 40 valence electrons. The van der Waals surface area contributed by atoms with E-state index in [0.29, 0.717) is 0 Å². The van der Waals surface area contributed by atoms with Gasteiger partial charge in [-0.3, -0.25) is 0 Å². The van der Waals surface area contributed by atoms with Crippen LogP contribution in [0.15, 0.2) is 5.16 Å². The van der Waals surface area contributed by atoms with E-state index < -0.39 is 0 Å². The molecule has 0 aromatic carbocycles. The first-order valence-corrected chi connectivity index (χ1v) is 2.50. The number of oxime groups is 1. The minimum Gasteiger partial charge on any atom is -0.399 e. The molecule has 1 saturated carbocycles. The maximum absolute atomic E-state index is 4.46. The Morgan fingerprint density at radius 3 is 2.86 bits per heavy atom. The van der Waals surface area contributed by atoms with E-state index >= 15 is 0 Å². The van der Waals surface area contributed by atoms with Crippen molar-refractivity contribution in [2.24, 2.45) is 11.1 Å². The van der Waals surface area contributed by atoms with Crippen molar-refractivity contribution in [1.29, 1.82) is 0 Å². The van der Waals surface area contributed by atoms with Crippen molar-refractivity contribution in [2.75, 3.05) is 7.11 Å². The van der Waals surface area contributed by atoms with Crippen molar-refractivity contribution in [3.8, 4) is 0 Å². The first-order chi connectivity index (χ1) is 3.43. The van der Waals surface area contributed by atoms with Crippen molar-refractivity contribution in [3.05, 3.63) is 0 Å². The molecular formula is C5H9NO. The Morgan fingerprint density at radius 1 is 1.71 bits per heavy atom. The molecule has 0 amide bonds. The van der Waals surface area contributed by atoms with Gasteiger partial charge in [-0.1, -0.05) is 5.16 Å². The van der Waals surface area contributed by atoms with Crippen LogP contribution in [0.25, 0.3) is 0 Å². The highest BCUT2D eigenvalue weighted by Gasteiger charge is 2.18. The van der Waals surface area contributed by atoms with Crippen molar-refractivity contribution in [2.45, 2.75) is 12.8 Å². The second-order valence-electron chi connectivity index (χ2n) is 1.77. The Morgan fingerprint density at radius 2 is 2.43 bits per heavy atom. The summed E-state index contributed by atoms with van der Waals surface area (Å²) < 4.78 is 0. The van der Waals surface area contributed by atoms with Gasteiger partial charge in [-0.25, -0.2) is 0 Å². The number of nitrogens with zero attached hydrogens (tertiary/aromatic N) is 1. The summed E-state index contributed by atoms with van der Waals surface area (Å²) in [7, 11) is 1.57. The highest BCUT2D eigenvalue weighted by molar-refractivity contribution is 5.62. The van der Waals surface area contributed by atoms with Gasteiger partial charge in [0.25, 0.3) is 0 Å². The molecule has 0 bridgehead atoms. The maximum Gasteiger partial charge on any atom is 0.106 e. The van der Waals surface area contributed by atoms with E-state index in [1.807, 2.05) is 6.21 Å². The molecule has 0 atom stereocenters. The molecule has 7 heavy (non-hydrogen) atoms. The van der Waals surface area contributed by atoms with Gasteiger partial charge < -0.3 is 4.84 Å². The lowest BCUT2D eigenvalue weighted by molar-refractivity contribution is 0.214. The van der Waals surface area contributed by atoms with Crippen LogP contribution in [0, 0.1) is 5.92 Å². The van der Waals surface area contributed by atoms with E-state index in [1.54, 1.807) is 7.11 Å². The molecule has 1 aliphatic carbocycles. The number of hydrogen-bond donors (Lipinski definition) is 0. The summed E-state index contributed by atoms with van der Waals surface area (Å²) in [6.07, 6.45) is 4.46. The van der Waals surface area contributed by atoms with E-state index in [9.17, 15) is 0 Å². The van der Waals surface area contributed by atoms with Crippen molar-refractivity contribution >= 4 is 6.21 Å². The average Bonchev–Trinajstić information content (AvgIpc) is 2.42. The van der Waals surface area contributed by atoms with E-state index in [2.05, 4.69) is 9.99 Å². The third kappa shape index (κ3) is 1.57. The molecule has 1 rings (SSSR count). The second kappa shape index (κ2) is 1.96. The van der Waals surface area contributed by atoms with Gasteiger partial charge in [0.1, 0.15) is 7.11 Å². The van der Waals surface area contributed by atoms with Crippen LogP contribution >= 0.6 is 0 Å². The molecule has 0 aliphatic heterocycles. The fraction of sp³-hybridized carbons (Fsp3) is 0.800. The first-order valence-electron chi connectivity index (χ1n) is 2.50. The SMILES string of the molecule is CON=CC1CC1. The van der Waals surface area contributed by atoms with Crippen LogP contribution in [0.5, 0.6) is 0 Å². The normalized spacial score (nSPS) is 20.7. The topological polar surface area (TPSA) is 21.6 Å². The Kier molecular flexibility index (Phi) is 1.29. The lowest BCUT2D eigenvalue weighted by Gasteiger charge is -1.80. The summed E-state index contributed by atoms with van der Waals surface area (Å²) in [5, 5.41) is 3.61. The van der Waals surface area contributed by atoms with Crippen LogP contribution in [0.1, 0.15) is 12.8 Å². The zero-order chi connectivity index (χ0) is 5.11. The molecule has 2 heteroatoms. The molecule has 1 aliphatic rings. The third-order valence-electron chi connectivity index (χ3n) is 0.999. The summed E-state index contributed by atoms with van der Waals surface area (Å²) in [5.74, 6) is 0.736. The van der Waals surface area contributed by atoms with Crippen LogP contribution in [0.2, 0.25) is 0 Å². The first kappa shape index (κ1) is 4.62. The minimum absolute atomic E-state index is 0.736. The van der Waals surface area contributed by atoms with E-state index in [4.69, 9.17) is 0 Å². The highest BCUT2D eigenvalue weighted by atomic mass is 16.6. The number of hydrogen-bond acceptors (Lipinski definition) is 2. The lowest BCUT2D eigenvalue weighted by atomic mass is 10.5. The second-order valence-corrected chi connectivity index (χ2v) is 1.77. The molecule has 0 aromatic rings. The maximum atomic E-state index is 4.46. The molecule has 1 fully saturated rings. The van der Waals surface area contributed by atoms with Crippen LogP contribution in [-0.4, -0.2) is 13.3 Å². The van der Waals surface area contributed by atoms with Crippen LogP contribution in [0.3, 0.4) is 0 Å². The van der Waals surface area contributed by atoms with Gasteiger partial charge in [0, 0.05) is 6.21 Å². The monoisotopic (exact) mass is 99.1 g/mol. The fourth-order valence-corrected chi connectivity index (χ4v) is 0.392. The quantitative estimate of drug-likeness (QED) is 0.374. The molecule has 0 saturated heterocycles. The van der Waals surface area contributed by atoms with Gasteiger partial charge in [0.2, 0.25) is 0 Å². The van der Waals surface area contributed by atoms with Gasteiger partial charge in [-0.15, -0.1) is 0 Å². The van der Waals surface area contributed by atoms with Crippen LogP contribution in [0.4, 0.5) is 0 Å². The lowest BCUT2D eigenvalue weighted by Crippen LogP contribution is -1.75. The van der Waals surface area contributed by atoms with Crippen molar-refractivity contribution in [3.63, 3.8) is 0 Å². The summed E-state index contributed by atoms with van der Waals surface area (Å²) in [6, 6.07) is 0. The fourth-order valence-electron chi connectivity index (χ4n) is 0.392. The van der Waals surface area contributed by atoms with Gasteiger partial charge in [-0.2, -0.15) is 0 Å². The largest absolute Gasteiger partial charge is 0.399 e. The van der Waals surface area contributed by atoms with Crippen molar-refractivity contribution in [1.82, 2.24) is 0 Å². The summed E-state index contributed by atoms with van der Waals surface area (Å²) >= 11 is 0. The molecular weight excluding hydrogens is 90.1 g/mol. The molecule has 0 heterocycles. The van der Waals surface area contributed by atoms with Crippen LogP contribution in [-0.2, 0) is 4.84 Å². The highest BCUT2D eigenvalue weighted by Crippen LogP contribution is 2.26. The van der Waals surface area contributed by atoms with E-state index in [1.165, 1.54) is 12.8 Å². The van der Waals surface area contributed by atoms with Gasteiger partial charge in [0.05, 0.1) is 0 Å². The van der Waals surface area contributed by atoms with Gasteiger partial charge in [-0.05, 0) is 18.8 Å². The Labute approximate surface area is 43.2 Å². The zero-order valence-electron chi connectivity index (χ0n) is 4.42. The standard InChI is InChI=1S/C5H9NO/c1-7-6-4-5-2-3-5/h4-5H,2-3H2,1H3. The van der Waals surface area contributed by atoms with Gasteiger partial charge in [0.15, 0.2) is 0 Å². The zero-order valence-corrected chi connectivity index (χ0v) is 4.42. The minimum atomic E-state index is 0.736. The average molecular weight is 99.1 g/mol. The molecule has 0 unspecified atom stereocenters. The van der Waals surface area contributed by atoms with E-state index in [0.717, 1.165) is 5.92 Å². The molecule has 2 nitrogen and oxygen atoms in total. The Balaban J connectivity index is 2.05. The van der Waals surface area contributed by atoms with Crippen molar-refractivity contribution < 1.29 is 4.84 Å². The summed E-state index contributed by atoms with van der Waals surface area (Å²) in [4.78, 5) is 4.46. The molecule has 0 radical (unpaired) electrons. The van der Waals surface area contributed by atoms with E-state index in [-0.39, 0.29) is 0 Å². The predicted molar refractivity (Wildman–Crippen MR) is 28.2 cm³/mol. The molecule has 0 spiro atoms. The van der Waals surface area contributed by atoms with Crippen LogP contribution < -0.4 is 0 Å². The summed E-state index contributed by atoms with van der Waals surface area (Å²) in [5.41, 5.74) is 0. The van der Waals surface area contributed by atoms with Gasteiger partial charge >= 0.3 is 0 Å². The summed E-state index contributed by atoms with van der Waals surface area (Å²) in [6.45, 7) is 0. The molecule has 0 aromatic heterocycles. The molecule has 0 N–H and O–H groups in total. The Hall–Kier alpha value is -0.530. The predicted octanol–water partition coefficient (Wildman–Crippen LogP) is 1.03. The Bertz CT molecular complexity index is 76.1. The number of rotatable bonds is 2. The smallest absolute Gasteiger partial charge is 0.106 e.